The molecule has 2 aromatic heterocycles. The molecule has 3 heterocycles. The number of piperidine rings is 1. The van der Waals surface area contributed by atoms with Gasteiger partial charge in [-0.3, -0.25) is 0 Å². The molecule has 4 rings (SSSR count). The zero-order valence-corrected chi connectivity index (χ0v) is 12.3. The molecular weight excluding hydrogens is 277 g/mol. The summed E-state index contributed by atoms with van der Waals surface area (Å²) in [6.45, 7) is 1.56. The summed E-state index contributed by atoms with van der Waals surface area (Å²) in [6.07, 6.45) is 4.67. The Kier molecular flexibility index (Phi) is 3.29. The first-order valence-corrected chi connectivity index (χ1v) is 7.73. The number of alkyl halides is 1. The summed E-state index contributed by atoms with van der Waals surface area (Å²) in [7, 11) is 0. The minimum Gasteiger partial charge on any atom is -0.371 e. The first-order valence-electron chi connectivity index (χ1n) is 7.73. The topological polar surface area (TPSA) is 20.5 Å². The number of rotatable bonds is 2. The Balaban J connectivity index is 1.66. The SMILES string of the molecule is FC1CCN(c2ccn3cc(-c4ccccc4)nc3c2)CC1. The Bertz CT molecular complexity index is 773. The highest BCUT2D eigenvalue weighted by Gasteiger charge is 2.19. The van der Waals surface area contributed by atoms with Crippen molar-refractivity contribution in [2.75, 3.05) is 18.0 Å². The van der Waals surface area contributed by atoms with Gasteiger partial charge < -0.3 is 9.30 Å². The highest BCUT2D eigenvalue weighted by molar-refractivity contribution is 5.65. The first kappa shape index (κ1) is 13.3. The van der Waals surface area contributed by atoms with Crippen molar-refractivity contribution in [1.82, 2.24) is 9.38 Å². The van der Waals surface area contributed by atoms with Gasteiger partial charge in [0.15, 0.2) is 0 Å². The molecule has 3 aromatic rings. The standard InChI is InChI=1S/C18H18FN3/c19-15-6-9-21(10-7-15)16-8-11-22-13-17(20-18(22)12-16)14-4-2-1-3-5-14/h1-5,8,11-13,15H,6-7,9-10H2. The van der Waals surface area contributed by atoms with Crippen LogP contribution < -0.4 is 4.90 Å². The van der Waals surface area contributed by atoms with E-state index in [1.54, 1.807) is 0 Å². The fourth-order valence-electron chi connectivity index (χ4n) is 3.02. The molecule has 0 aliphatic carbocycles. The Morgan fingerprint density at radius 1 is 1.05 bits per heavy atom. The maximum atomic E-state index is 13.3. The van der Waals surface area contributed by atoms with Gasteiger partial charge in [-0.05, 0) is 18.9 Å². The third-order valence-electron chi connectivity index (χ3n) is 4.30. The highest BCUT2D eigenvalue weighted by atomic mass is 19.1. The molecule has 1 aliphatic heterocycles. The number of halogens is 1. The van der Waals surface area contributed by atoms with Crippen LogP contribution in [0.1, 0.15) is 12.8 Å². The van der Waals surface area contributed by atoms with Crippen LogP contribution in [0, 0.1) is 0 Å². The van der Waals surface area contributed by atoms with E-state index >= 15 is 0 Å². The smallest absolute Gasteiger partial charge is 0.139 e. The van der Waals surface area contributed by atoms with E-state index in [4.69, 9.17) is 4.98 Å². The fourth-order valence-corrected chi connectivity index (χ4v) is 3.02. The van der Waals surface area contributed by atoms with Crippen molar-refractivity contribution >= 4 is 11.3 Å². The van der Waals surface area contributed by atoms with Crippen molar-refractivity contribution < 1.29 is 4.39 Å². The van der Waals surface area contributed by atoms with E-state index in [-0.39, 0.29) is 0 Å². The van der Waals surface area contributed by atoms with Crippen LogP contribution in [-0.4, -0.2) is 28.6 Å². The van der Waals surface area contributed by atoms with E-state index in [0.717, 1.165) is 35.7 Å². The molecule has 0 bridgehead atoms. The van der Waals surface area contributed by atoms with E-state index in [0.29, 0.717) is 12.8 Å². The van der Waals surface area contributed by atoms with Crippen molar-refractivity contribution in [2.24, 2.45) is 0 Å². The molecule has 1 fully saturated rings. The minimum absolute atomic E-state index is 0.620. The second-order valence-corrected chi connectivity index (χ2v) is 5.80. The fraction of sp³-hybridized carbons (Fsp3) is 0.278. The van der Waals surface area contributed by atoms with Crippen LogP contribution in [0.15, 0.2) is 54.9 Å². The van der Waals surface area contributed by atoms with Crippen LogP contribution in [0.25, 0.3) is 16.9 Å². The molecule has 0 radical (unpaired) electrons. The summed E-state index contributed by atoms with van der Waals surface area (Å²) >= 11 is 0. The Labute approximate surface area is 129 Å². The van der Waals surface area contributed by atoms with Crippen molar-refractivity contribution in [2.45, 2.75) is 19.0 Å². The molecule has 112 valence electrons. The van der Waals surface area contributed by atoms with E-state index in [2.05, 4.69) is 29.2 Å². The maximum absolute atomic E-state index is 13.3. The second kappa shape index (κ2) is 5.44. The number of aromatic nitrogens is 2. The van der Waals surface area contributed by atoms with Gasteiger partial charge in [0.05, 0.1) is 5.69 Å². The van der Waals surface area contributed by atoms with Gasteiger partial charge in [0, 0.05) is 42.8 Å². The molecule has 1 saturated heterocycles. The van der Waals surface area contributed by atoms with E-state index in [1.165, 1.54) is 0 Å². The summed E-state index contributed by atoms with van der Waals surface area (Å²) < 4.78 is 15.3. The van der Waals surface area contributed by atoms with Crippen LogP contribution in [0.4, 0.5) is 10.1 Å². The number of hydrogen-bond donors (Lipinski definition) is 0. The molecule has 0 atom stereocenters. The summed E-state index contributed by atoms with van der Waals surface area (Å²) in [5.74, 6) is 0. The average molecular weight is 295 g/mol. The molecular formula is C18H18FN3. The highest BCUT2D eigenvalue weighted by Crippen LogP contribution is 2.24. The monoisotopic (exact) mass is 295 g/mol. The van der Waals surface area contributed by atoms with Crippen molar-refractivity contribution in [3.63, 3.8) is 0 Å². The van der Waals surface area contributed by atoms with Crippen LogP contribution in [0.2, 0.25) is 0 Å². The summed E-state index contributed by atoms with van der Waals surface area (Å²) in [6, 6.07) is 14.3. The van der Waals surface area contributed by atoms with Gasteiger partial charge in [-0.2, -0.15) is 0 Å². The zero-order valence-electron chi connectivity index (χ0n) is 12.3. The number of fused-ring (bicyclic) bond motifs is 1. The van der Waals surface area contributed by atoms with E-state index in [1.807, 2.05) is 35.0 Å². The van der Waals surface area contributed by atoms with Crippen molar-refractivity contribution in [1.29, 1.82) is 0 Å². The van der Waals surface area contributed by atoms with Crippen LogP contribution in [-0.2, 0) is 0 Å². The molecule has 0 N–H and O–H groups in total. The number of hydrogen-bond acceptors (Lipinski definition) is 2. The van der Waals surface area contributed by atoms with Crippen molar-refractivity contribution in [3.8, 4) is 11.3 Å². The zero-order chi connectivity index (χ0) is 14.9. The maximum Gasteiger partial charge on any atom is 0.139 e. The molecule has 1 aliphatic rings. The molecule has 0 unspecified atom stereocenters. The summed E-state index contributed by atoms with van der Waals surface area (Å²) in [5.41, 5.74) is 4.15. The lowest BCUT2D eigenvalue weighted by Gasteiger charge is -2.30. The molecule has 0 amide bonds. The first-order chi connectivity index (χ1) is 10.8. The van der Waals surface area contributed by atoms with Gasteiger partial charge in [-0.1, -0.05) is 30.3 Å². The Morgan fingerprint density at radius 2 is 1.82 bits per heavy atom. The van der Waals surface area contributed by atoms with Crippen LogP contribution in [0.3, 0.4) is 0 Å². The van der Waals surface area contributed by atoms with Gasteiger partial charge in [-0.25, -0.2) is 9.37 Å². The quantitative estimate of drug-likeness (QED) is 0.714. The third-order valence-corrected chi connectivity index (χ3v) is 4.30. The Morgan fingerprint density at radius 3 is 2.59 bits per heavy atom. The minimum atomic E-state index is -0.643. The molecule has 0 spiro atoms. The summed E-state index contributed by atoms with van der Waals surface area (Å²) in [5, 5.41) is 0. The lowest BCUT2D eigenvalue weighted by atomic mass is 10.1. The largest absolute Gasteiger partial charge is 0.371 e. The lowest BCUT2D eigenvalue weighted by Crippen LogP contribution is -2.34. The van der Waals surface area contributed by atoms with Gasteiger partial charge in [0.25, 0.3) is 0 Å². The normalized spacial score (nSPS) is 16.3. The lowest BCUT2D eigenvalue weighted by molar-refractivity contribution is 0.277. The predicted octanol–water partition coefficient (Wildman–Crippen LogP) is 3.94. The van der Waals surface area contributed by atoms with Crippen molar-refractivity contribution in [3.05, 3.63) is 54.9 Å². The molecule has 0 saturated carbocycles. The molecule has 4 heteroatoms. The van der Waals surface area contributed by atoms with E-state index < -0.39 is 6.17 Å². The predicted molar refractivity (Wildman–Crippen MR) is 87.0 cm³/mol. The number of benzene rings is 1. The van der Waals surface area contributed by atoms with Crippen LogP contribution >= 0.6 is 0 Å². The van der Waals surface area contributed by atoms with Gasteiger partial charge in [0.2, 0.25) is 0 Å². The van der Waals surface area contributed by atoms with Gasteiger partial charge in [0.1, 0.15) is 11.8 Å². The molecule has 3 nitrogen and oxygen atoms in total. The van der Waals surface area contributed by atoms with Crippen LogP contribution in [0.5, 0.6) is 0 Å². The second-order valence-electron chi connectivity index (χ2n) is 5.80. The number of imidazole rings is 1. The third kappa shape index (κ3) is 2.45. The van der Waals surface area contributed by atoms with Gasteiger partial charge >= 0.3 is 0 Å². The number of pyridine rings is 1. The number of anilines is 1. The van der Waals surface area contributed by atoms with E-state index in [9.17, 15) is 4.39 Å². The molecule has 1 aromatic carbocycles. The average Bonchev–Trinajstić information content (AvgIpc) is 2.99. The number of nitrogens with zero attached hydrogens (tertiary/aromatic N) is 3. The molecule has 22 heavy (non-hydrogen) atoms. The Hall–Kier alpha value is -2.36. The summed E-state index contributed by atoms with van der Waals surface area (Å²) in [4.78, 5) is 6.96. The van der Waals surface area contributed by atoms with Gasteiger partial charge in [-0.15, -0.1) is 0 Å².